The highest BCUT2D eigenvalue weighted by atomic mass is 35.5. The molecule has 0 unspecified atom stereocenters. The van der Waals surface area contributed by atoms with Crippen molar-refractivity contribution in [3.8, 4) is 0 Å². The van der Waals surface area contributed by atoms with Gasteiger partial charge in [-0.15, -0.1) is 22.9 Å². The summed E-state index contributed by atoms with van der Waals surface area (Å²) in [6, 6.07) is 2.03. The van der Waals surface area contributed by atoms with E-state index in [0.29, 0.717) is 5.88 Å². The predicted octanol–water partition coefficient (Wildman–Crippen LogP) is 3.72. The number of hydrogen-bond acceptors (Lipinski definition) is 4. The molecule has 0 spiro atoms. The highest BCUT2D eigenvalue weighted by Gasteiger charge is 2.30. The zero-order valence-electron chi connectivity index (χ0n) is 11.6. The third kappa shape index (κ3) is 2.01. The summed E-state index contributed by atoms with van der Waals surface area (Å²) < 4.78 is 2.09. The molecule has 0 amide bonds. The number of halogens is 1. The number of pyridine rings is 1. The van der Waals surface area contributed by atoms with Gasteiger partial charge in [-0.1, -0.05) is 0 Å². The monoisotopic (exact) mass is 306 g/mol. The minimum atomic E-state index is -0.324. The molecule has 3 aromatic heterocycles. The van der Waals surface area contributed by atoms with Gasteiger partial charge < -0.3 is 0 Å². The quantitative estimate of drug-likeness (QED) is 0.693. The third-order valence-electron chi connectivity index (χ3n) is 3.34. The van der Waals surface area contributed by atoms with E-state index in [1.807, 2.05) is 30.8 Å². The number of aromatic nitrogens is 4. The highest BCUT2D eigenvalue weighted by Crippen LogP contribution is 2.32. The fraction of sp³-hybridized carbons (Fsp3) is 0.357. The van der Waals surface area contributed by atoms with Crippen molar-refractivity contribution in [2.45, 2.75) is 32.2 Å². The van der Waals surface area contributed by atoms with Gasteiger partial charge in [-0.3, -0.25) is 4.57 Å². The van der Waals surface area contributed by atoms with Crippen LogP contribution in [-0.4, -0.2) is 19.5 Å². The van der Waals surface area contributed by atoms with E-state index in [9.17, 15) is 0 Å². The maximum atomic E-state index is 6.08. The molecule has 104 valence electrons. The maximum absolute atomic E-state index is 6.08. The van der Waals surface area contributed by atoms with E-state index in [2.05, 4.69) is 33.4 Å². The molecule has 0 aliphatic rings. The average molecular weight is 307 g/mol. The second kappa shape index (κ2) is 4.82. The summed E-state index contributed by atoms with van der Waals surface area (Å²) in [6.45, 7) is 6.24. The van der Waals surface area contributed by atoms with Crippen molar-refractivity contribution in [3.05, 3.63) is 40.2 Å². The summed E-state index contributed by atoms with van der Waals surface area (Å²) in [7, 11) is 0. The van der Waals surface area contributed by atoms with Gasteiger partial charge in [-0.25, -0.2) is 15.0 Å². The van der Waals surface area contributed by atoms with Crippen LogP contribution in [0.5, 0.6) is 0 Å². The molecule has 3 rings (SSSR count). The smallest absolute Gasteiger partial charge is 0.160 e. The number of fused-ring (bicyclic) bond motifs is 1. The standard InChI is InChI=1S/C14H15ClN4S/c1-9-6-10-12(17-8-9)19(11(7-15)18-10)14(2,3)13-16-4-5-20-13/h4-6,8H,7H2,1-3H3. The molecular formula is C14H15ClN4S. The molecule has 0 aromatic carbocycles. The molecule has 0 saturated heterocycles. The summed E-state index contributed by atoms with van der Waals surface area (Å²) in [5.41, 5.74) is 2.50. The fourth-order valence-corrected chi connectivity index (χ4v) is 3.34. The number of aryl methyl sites for hydroxylation is 1. The summed E-state index contributed by atoms with van der Waals surface area (Å²) in [6.07, 6.45) is 3.68. The molecule has 0 saturated carbocycles. The lowest BCUT2D eigenvalue weighted by atomic mass is 10.1. The highest BCUT2D eigenvalue weighted by molar-refractivity contribution is 7.09. The molecule has 0 aliphatic carbocycles. The van der Waals surface area contributed by atoms with Crippen LogP contribution in [0.25, 0.3) is 11.2 Å². The first-order valence-corrected chi connectivity index (χ1v) is 7.76. The molecule has 4 nitrogen and oxygen atoms in total. The Kier molecular flexibility index (Phi) is 3.26. The van der Waals surface area contributed by atoms with Gasteiger partial charge in [0.1, 0.15) is 16.3 Å². The molecule has 6 heteroatoms. The van der Waals surface area contributed by atoms with Crippen LogP contribution in [0.15, 0.2) is 23.8 Å². The van der Waals surface area contributed by atoms with Crippen LogP contribution in [0.1, 0.15) is 30.2 Å². The van der Waals surface area contributed by atoms with Gasteiger partial charge in [-0.05, 0) is 32.4 Å². The normalized spacial score (nSPS) is 12.2. The van der Waals surface area contributed by atoms with Gasteiger partial charge >= 0.3 is 0 Å². The SMILES string of the molecule is Cc1cnc2c(c1)nc(CCl)n2C(C)(C)c1nccs1. The first-order valence-electron chi connectivity index (χ1n) is 6.34. The van der Waals surface area contributed by atoms with Crippen LogP contribution in [-0.2, 0) is 11.4 Å². The van der Waals surface area contributed by atoms with E-state index < -0.39 is 0 Å². The minimum Gasteiger partial charge on any atom is -0.299 e. The fourth-order valence-electron chi connectivity index (χ4n) is 2.41. The van der Waals surface area contributed by atoms with E-state index in [0.717, 1.165) is 27.6 Å². The van der Waals surface area contributed by atoms with Crippen LogP contribution < -0.4 is 0 Å². The number of rotatable bonds is 3. The summed E-state index contributed by atoms with van der Waals surface area (Å²) in [4.78, 5) is 13.6. The van der Waals surface area contributed by atoms with Gasteiger partial charge in [0.05, 0.1) is 11.4 Å². The second-order valence-electron chi connectivity index (χ2n) is 5.25. The first kappa shape index (κ1) is 13.5. The van der Waals surface area contributed by atoms with Crippen LogP contribution in [0.2, 0.25) is 0 Å². The van der Waals surface area contributed by atoms with Gasteiger partial charge in [0.2, 0.25) is 0 Å². The van der Waals surface area contributed by atoms with Crippen LogP contribution in [0.4, 0.5) is 0 Å². The third-order valence-corrected chi connectivity index (χ3v) is 4.66. The van der Waals surface area contributed by atoms with Gasteiger partial charge in [0.15, 0.2) is 5.65 Å². The number of alkyl halides is 1. The Hall–Kier alpha value is -1.46. The molecule has 0 radical (unpaired) electrons. The summed E-state index contributed by atoms with van der Waals surface area (Å²) >= 11 is 7.71. The van der Waals surface area contributed by atoms with Crippen LogP contribution >= 0.6 is 22.9 Å². The van der Waals surface area contributed by atoms with Crippen LogP contribution in [0.3, 0.4) is 0 Å². The van der Waals surface area contributed by atoms with E-state index in [-0.39, 0.29) is 5.54 Å². The number of nitrogens with zero attached hydrogens (tertiary/aromatic N) is 4. The molecule has 0 aliphatic heterocycles. The van der Waals surface area contributed by atoms with Crippen LogP contribution in [0, 0.1) is 6.92 Å². The van der Waals surface area contributed by atoms with Crippen molar-refractivity contribution in [2.75, 3.05) is 0 Å². The zero-order chi connectivity index (χ0) is 14.3. The molecule has 0 atom stereocenters. The van der Waals surface area contributed by atoms with Gasteiger partial charge in [0.25, 0.3) is 0 Å². The predicted molar refractivity (Wildman–Crippen MR) is 82.4 cm³/mol. The lowest BCUT2D eigenvalue weighted by molar-refractivity contribution is 0.432. The first-order chi connectivity index (χ1) is 9.54. The number of thiazole rings is 1. The average Bonchev–Trinajstić information content (AvgIpc) is 3.05. The van der Waals surface area contributed by atoms with Crippen molar-refractivity contribution in [1.29, 1.82) is 0 Å². The van der Waals surface area contributed by atoms with E-state index >= 15 is 0 Å². The molecule has 0 fully saturated rings. The molecule has 3 aromatic rings. The number of hydrogen-bond donors (Lipinski definition) is 0. The topological polar surface area (TPSA) is 43.6 Å². The molecular weight excluding hydrogens is 292 g/mol. The Morgan fingerprint density at radius 3 is 2.80 bits per heavy atom. The van der Waals surface area contributed by atoms with E-state index in [1.165, 1.54) is 0 Å². The molecule has 0 N–H and O–H groups in total. The van der Waals surface area contributed by atoms with Crippen molar-refractivity contribution in [1.82, 2.24) is 19.5 Å². The number of imidazole rings is 1. The molecule has 20 heavy (non-hydrogen) atoms. The Morgan fingerprint density at radius 1 is 1.35 bits per heavy atom. The lowest BCUT2D eigenvalue weighted by Crippen LogP contribution is -2.29. The zero-order valence-corrected chi connectivity index (χ0v) is 13.2. The Morgan fingerprint density at radius 2 is 2.15 bits per heavy atom. The Bertz CT molecular complexity index is 746. The lowest BCUT2D eigenvalue weighted by Gasteiger charge is -2.26. The van der Waals surface area contributed by atoms with Gasteiger partial charge in [-0.2, -0.15) is 0 Å². The van der Waals surface area contributed by atoms with E-state index in [4.69, 9.17) is 11.6 Å². The van der Waals surface area contributed by atoms with E-state index in [1.54, 1.807) is 11.3 Å². The second-order valence-corrected chi connectivity index (χ2v) is 6.41. The minimum absolute atomic E-state index is 0.324. The van der Waals surface area contributed by atoms with Crippen molar-refractivity contribution < 1.29 is 0 Å². The maximum Gasteiger partial charge on any atom is 0.160 e. The molecule has 3 heterocycles. The summed E-state index contributed by atoms with van der Waals surface area (Å²) in [5, 5.41) is 3.00. The summed E-state index contributed by atoms with van der Waals surface area (Å²) in [5.74, 6) is 1.17. The largest absolute Gasteiger partial charge is 0.299 e. The van der Waals surface area contributed by atoms with Gasteiger partial charge in [0, 0.05) is 17.8 Å². The Balaban J connectivity index is 2.29. The Labute approximate surface area is 126 Å². The van der Waals surface area contributed by atoms with Crippen molar-refractivity contribution >= 4 is 34.1 Å². The molecule has 0 bridgehead atoms. The van der Waals surface area contributed by atoms with Crippen molar-refractivity contribution in [3.63, 3.8) is 0 Å². The van der Waals surface area contributed by atoms with Crippen molar-refractivity contribution in [2.24, 2.45) is 0 Å².